The maximum Gasteiger partial charge on any atom is 0.140 e. The van der Waals surface area contributed by atoms with Gasteiger partial charge in [0, 0.05) is 6.54 Å². The minimum atomic E-state index is 0.145. The first kappa shape index (κ1) is 13.2. The average molecular weight is 251 g/mol. The van der Waals surface area contributed by atoms with Gasteiger partial charge in [-0.1, -0.05) is 11.6 Å². The molecule has 88 valence electrons. The summed E-state index contributed by atoms with van der Waals surface area (Å²) in [6.07, 6.45) is 0. The summed E-state index contributed by atoms with van der Waals surface area (Å²) in [5.74, 6) is 5.73. The van der Waals surface area contributed by atoms with Crippen LogP contribution in [0.1, 0.15) is 5.69 Å². The van der Waals surface area contributed by atoms with Gasteiger partial charge in [-0.15, -0.1) is 0 Å². The first-order chi connectivity index (χ1) is 8.21. The van der Waals surface area contributed by atoms with Gasteiger partial charge >= 0.3 is 0 Å². The van der Waals surface area contributed by atoms with E-state index in [1.54, 1.807) is 17.0 Å². The molecule has 1 rings (SSSR count). The number of anilines is 1. The lowest BCUT2D eigenvalue weighted by molar-refractivity contribution is 0.331. The highest BCUT2D eigenvalue weighted by molar-refractivity contribution is 6.31. The van der Waals surface area contributed by atoms with E-state index in [-0.39, 0.29) is 13.1 Å². The van der Waals surface area contributed by atoms with E-state index in [1.165, 1.54) is 0 Å². The molecule has 1 aromatic heterocycles. The van der Waals surface area contributed by atoms with Crippen molar-refractivity contribution in [2.24, 2.45) is 5.84 Å². The SMILES string of the molecule is N#CCN(CC#N)Cc1nc(NN)ccc1Cl. The minimum absolute atomic E-state index is 0.145. The van der Waals surface area contributed by atoms with Gasteiger partial charge in [0.25, 0.3) is 0 Å². The number of nitrogens with one attached hydrogen (secondary N) is 1. The van der Waals surface area contributed by atoms with Gasteiger partial charge in [0.1, 0.15) is 5.82 Å². The van der Waals surface area contributed by atoms with E-state index in [1.807, 2.05) is 12.1 Å². The molecule has 7 heteroatoms. The van der Waals surface area contributed by atoms with Crippen LogP contribution >= 0.6 is 11.6 Å². The lowest BCUT2D eigenvalue weighted by Crippen LogP contribution is -2.25. The van der Waals surface area contributed by atoms with E-state index in [9.17, 15) is 0 Å². The molecule has 0 atom stereocenters. The summed E-state index contributed by atoms with van der Waals surface area (Å²) in [5.41, 5.74) is 2.99. The van der Waals surface area contributed by atoms with Crippen LogP contribution in [0.25, 0.3) is 0 Å². The van der Waals surface area contributed by atoms with Crippen molar-refractivity contribution in [1.29, 1.82) is 10.5 Å². The Labute approximate surface area is 104 Å². The van der Waals surface area contributed by atoms with E-state index < -0.39 is 0 Å². The number of nitriles is 2. The maximum absolute atomic E-state index is 8.62. The highest BCUT2D eigenvalue weighted by Crippen LogP contribution is 2.17. The summed E-state index contributed by atoms with van der Waals surface area (Å²) < 4.78 is 0. The number of hydrazine groups is 1. The molecule has 0 saturated heterocycles. The number of rotatable bonds is 5. The molecule has 3 N–H and O–H groups in total. The summed E-state index contributed by atoms with van der Waals surface area (Å²) in [6, 6.07) is 7.28. The van der Waals surface area contributed by atoms with Crippen molar-refractivity contribution >= 4 is 17.4 Å². The molecule has 1 heterocycles. The summed E-state index contributed by atoms with van der Waals surface area (Å²) >= 11 is 5.97. The molecule has 0 amide bonds. The highest BCUT2D eigenvalue weighted by Gasteiger charge is 2.10. The molecule has 0 aliphatic rings. The predicted molar refractivity (Wildman–Crippen MR) is 63.6 cm³/mol. The predicted octanol–water partition coefficient (Wildman–Crippen LogP) is 0.870. The Bertz CT molecular complexity index is 445. The van der Waals surface area contributed by atoms with Crippen LogP contribution in [0, 0.1) is 22.7 Å². The number of nitrogen functional groups attached to an aromatic ring is 1. The van der Waals surface area contributed by atoms with Crippen LogP contribution in [0.5, 0.6) is 0 Å². The Hall–Kier alpha value is -1.86. The third-order valence-electron chi connectivity index (χ3n) is 2.03. The topological polar surface area (TPSA) is 102 Å². The second-order valence-electron chi connectivity index (χ2n) is 3.23. The number of halogens is 1. The van der Waals surface area contributed by atoms with Gasteiger partial charge in [0.15, 0.2) is 0 Å². The average Bonchev–Trinajstić information content (AvgIpc) is 2.32. The fraction of sp³-hybridized carbons (Fsp3) is 0.300. The highest BCUT2D eigenvalue weighted by atomic mass is 35.5. The Morgan fingerprint density at radius 3 is 2.53 bits per heavy atom. The van der Waals surface area contributed by atoms with Crippen LogP contribution in [-0.4, -0.2) is 23.0 Å². The molecule has 0 bridgehead atoms. The van der Waals surface area contributed by atoms with Gasteiger partial charge in [0.05, 0.1) is 35.9 Å². The van der Waals surface area contributed by atoms with E-state index >= 15 is 0 Å². The molecule has 0 aromatic carbocycles. The molecule has 0 radical (unpaired) electrons. The zero-order valence-electron chi connectivity index (χ0n) is 9.02. The van der Waals surface area contributed by atoms with Crippen LogP contribution in [0.4, 0.5) is 5.82 Å². The molecule has 1 aromatic rings. The number of nitrogens with zero attached hydrogens (tertiary/aromatic N) is 4. The van der Waals surface area contributed by atoms with Gasteiger partial charge in [-0.2, -0.15) is 10.5 Å². The largest absolute Gasteiger partial charge is 0.308 e. The zero-order valence-corrected chi connectivity index (χ0v) is 9.78. The third-order valence-corrected chi connectivity index (χ3v) is 2.37. The van der Waals surface area contributed by atoms with Crippen molar-refractivity contribution in [3.8, 4) is 12.1 Å². The lowest BCUT2D eigenvalue weighted by atomic mass is 10.3. The first-order valence-electron chi connectivity index (χ1n) is 4.79. The molecule has 17 heavy (non-hydrogen) atoms. The Kier molecular flexibility index (Phi) is 5.18. The molecule has 6 nitrogen and oxygen atoms in total. The van der Waals surface area contributed by atoms with Gasteiger partial charge in [-0.3, -0.25) is 4.90 Å². The third kappa shape index (κ3) is 3.89. The second kappa shape index (κ2) is 6.66. The van der Waals surface area contributed by atoms with Crippen molar-refractivity contribution < 1.29 is 0 Å². The van der Waals surface area contributed by atoms with Crippen molar-refractivity contribution in [2.75, 3.05) is 18.5 Å². The monoisotopic (exact) mass is 250 g/mol. The smallest absolute Gasteiger partial charge is 0.140 e. The normalized spacial score (nSPS) is 9.71. The Morgan fingerprint density at radius 1 is 1.35 bits per heavy atom. The van der Waals surface area contributed by atoms with Gasteiger partial charge in [-0.25, -0.2) is 10.8 Å². The number of hydrogen-bond donors (Lipinski definition) is 2. The summed E-state index contributed by atoms with van der Waals surface area (Å²) in [4.78, 5) is 5.80. The van der Waals surface area contributed by atoms with Crippen molar-refractivity contribution in [1.82, 2.24) is 9.88 Å². The molecule has 0 unspecified atom stereocenters. The van der Waals surface area contributed by atoms with Crippen molar-refractivity contribution in [3.05, 3.63) is 22.8 Å². The fourth-order valence-corrected chi connectivity index (χ4v) is 1.42. The number of aromatic nitrogens is 1. The summed E-state index contributed by atoms with van der Waals surface area (Å²) in [5, 5.41) is 17.7. The molecule has 0 aliphatic carbocycles. The first-order valence-corrected chi connectivity index (χ1v) is 5.17. The molecule has 0 aliphatic heterocycles. The number of pyridine rings is 1. The molecule has 0 saturated carbocycles. The number of nitrogens with two attached hydrogens (primary N) is 1. The van der Waals surface area contributed by atoms with Crippen molar-refractivity contribution in [3.63, 3.8) is 0 Å². The van der Waals surface area contributed by atoms with Gasteiger partial charge < -0.3 is 5.43 Å². The summed E-state index contributed by atoms with van der Waals surface area (Å²) in [7, 11) is 0. The van der Waals surface area contributed by atoms with Crippen LogP contribution in [0.3, 0.4) is 0 Å². The van der Waals surface area contributed by atoms with E-state index in [2.05, 4.69) is 10.4 Å². The van der Waals surface area contributed by atoms with E-state index in [4.69, 9.17) is 28.0 Å². The van der Waals surface area contributed by atoms with Crippen LogP contribution < -0.4 is 11.3 Å². The van der Waals surface area contributed by atoms with Gasteiger partial charge in [-0.05, 0) is 12.1 Å². The van der Waals surface area contributed by atoms with Crippen LogP contribution in [0.2, 0.25) is 5.02 Å². The fourth-order valence-electron chi connectivity index (χ4n) is 1.26. The van der Waals surface area contributed by atoms with Crippen LogP contribution in [0.15, 0.2) is 12.1 Å². The zero-order chi connectivity index (χ0) is 12.7. The molecule has 0 fully saturated rings. The lowest BCUT2D eigenvalue weighted by Gasteiger charge is -2.15. The Balaban J connectivity index is 2.85. The number of hydrogen-bond acceptors (Lipinski definition) is 6. The molecule has 0 spiro atoms. The standard InChI is InChI=1S/C10H11ClN6/c11-8-1-2-10(16-14)15-9(8)7-17(5-3-12)6-4-13/h1-2H,5-7,14H2,(H,15,16). The molecular weight excluding hydrogens is 240 g/mol. The van der Waals surface area contributed by atoms with Crippen molar-refractivity contribution in [2.45, 2.75) is 6.54 Å². The van der Waals surface area contributed by atoms with Gasteiger partial charge in [0.2, 0.25) is 0 Å². The summed E-state index contributed by atoms with van der Waals surface area (Å²) in [6.45, 7) is 0.618. The Morgan fingerprint density at radius 2 is 2.00 bits per heavy atom. The van der Waals surface area contributed by atoms with Crippen LogP contribution in [-0.2, 0) is 6.54 Å². The molecular formula is C10H11ClN6. The quantitative estimate of drug-likeness (QED) is 0.457. The maximum atomic E-state index is 8.62. The van der Waals surface area contributed by atoms with E-state index in [0.717, 1.165) is 0 Å². The minimum Gasteiger partial charge on any atom is -0.308 e. The van der Waals surface area contributed by atoms with E-state index in [0.29, 0.717) is 23.1 Å². The second-order valence-corrected chi connectivity index (χ2v) is 3.64.